The molecule has 1 fully saturated rings. The molecule has 1 unspecified atom stereocenters. The third-order valence-corrected chi connectivity index (χ3v) is 3.70. The van der Waals surface area contributed by atoms with Crippen LogP contribution in [0.3, 0.4) is 0 Å². The van der Waals surface area contributed by atoms with Crippen molar-refractivity contribution in [3.05, 3.63) is 27.9 Å². The Morgan fingerprint density at radius 2 is 2.35 bits per heavy atom. The summed E-state index contributed by atoms with van der Waals surface area (Å²) in [5.74, 6) is 0.652. The zero-order valence-corrected chi connectivity index (χ0v) is 11.4. The molecule has 108 valence electrons. The lowest BCUT2D eigenvalue weighted by Gasteiger charge is -2.25. The van der Waals surface area contributed by atoms with Gasteiger partial charge in [-0.25, -0.2) is 4.98 Å². The van der Waals surface area contributed by atoms with Crippen molar-refractivity contribution in [2.24, 2.45) is 16.8 Å². The van der Waals surface area contributed by atoms with Gasteiger partial charge in [-0.15, -0.1) is 0 Å². The highest BCUT2D eigenvalue weighted by Gasteiger charge is 2.33. The second-order valence-electron chi connectivity index (χ2n) is 5.00. The van der Waals surface area contributed by atoms with E-state index in [-0.39, 0.29) is 23.1 Å². The smallest absolute Gasteiger partial charge is 0.312 e. The molecule has 20 heavy (non-hydrogen) atoms. The highest BCUT2D eigenvalue weighted by molar-refractivity contribution is 5.97. The van der Waals surface area contributed by atoms with Gasteiger partial charge in [-0.3, -0.25) is 10.1 Å². The van der Waals surface area contributed by atoms with Crippen molar-refractivity contribution in [2.75, 3.05) is 11.9 Å². The van der Waals surface area contributed by atoms with Crippen LogP contribution in [-0.2, 0) is 0 Å². The molecule has 8 nitrogen and oxygen atoms in total. The summed E-state index contributed by atoms with van der Waals surface area (Å²) < 4.78 is 0. The predicted molar refractivity (Wildman–Crippen MR) is 74.0 cm³/mol. The maximum Gasteiger partial charge on any atom is 0.312 e. The summed E-state index contributed by atoms with van der Waals surface area (Å²) in [6.07, 6.45) is 3.65. The van der Waals surface area contributed by atoms with Crippen molar-refractivity contribution in [3.63, 3.8) is 0 Å². The fraction of sp³-hybridized carbons (Fsp3) is 0.500. The standard InChI is InChI=1S/C12H17N5O3/c1-7(8-3-4-8)16(2)12-10(17(19)20)5-9(6-14-12)11(13)15-18/h5-8,18H,3-4H2,1-2H3,(H2,13,15). The van der Waals surface area contributed by atoms with Gasteiger partial charge in [0.25, 0.3) is 0 Å². The summed E-state index contributed by atoms with van der Waals surface area (Å²) >= 11 is 0. The van der Waals surface area contributed by atoms with Crippen LogP contribution in [0, 0.1) is 16.0 Å². The molecule has 1 saturated carbocycles. The van der Waals surface area contributed by atoms with Gasteiger partial charge in [0.1, 0.15) is 0 Å². The van der Waals surface area contributed by atoms with Crippen LogP contribution in [0.2, 0.25) is 0 Å². The van der Waals surface area contributed by atoms with Gasteiger partial charge < -0.3 is 15.8 Å². The summed E-state index contributed by atoms with van der Waals surface area (Å²) in [4.78, 5) is 16.6. The number of aromatic nitrogens is 1. The minimum atomic E-state index is -0.507. The minimum absolute atomic E-state index is 0.149. The van der Waals surface area contributed by atoms with Gasteiger partial charge in [0, 0.05) is 30.9 Å². The van der Waals surface area contributed by atoms with Crippen LogP contribution >= 0.6 is 0 Å². The molecule has 0 radical (unpaired) electrons. The van der Waals surface area contributed by atoms with E-state index >= 15 is 0 Å². The van der Waals surface area contributed by atoms with Gasteiger partial charge in [0.15, 0.2) is 5.84 Å². The lowest BCUT2D eigenvalue weighted by molar-refractivity contribution is -0.384. The molecule has 1 aromatic rings. The quantitative estimate of drug-likeness (QED) is 0.276. The molecular formula is C12H17N5O3. The number of anilines is 1. The number of rotatable bonds is 5. The fourth-order valence-electron chi connectivity index (χ4n) is 2.14. The van der Waals surface area contributed by atoms with E-state index in [1.165, 1.54) is 12.3 Å². The molecule has 1 aliphatic carbocycles. The van der Waals surface area contributed by atoms with E-state index in [9.17, 15) is 10.1 Å². The number of nitro groups is 1. The zero-order valence-electron chi connectivity index (χ0n) is 11.4. The Balaban J connectivity index is 2.39. The average Bonchev–Trinajstić information content (AvgIpc) is 3.28. The third kappa shape index (κ3) is 2.63. The molecule has 0 saturated heterocycles. The van der Waals surface area contributed by atoms with Crippen LogP contribution in [-0.4, -0.2) is 34.0 Å². The SMILES string of the molecule is CC(C1CC1)N(C)c1ncc(C(N)=NO)cc1[N+](=O)[O-]. The molecular weight excluding hydrogens is 262 g/mol. The maximum absolute atomic E-state index is 11.2. The second-order valence-corrected chi connectivity index (χ2v) is 5.00. The normalized spacial score (nSPS) is 16.8. The van der Waals surface area contributed by atoms with Crippen LogP contribution in [0.15, 0.2) is 17.4 Å². The van der Waals surface area contributed by atoms with Gasteiger partial charge in [0.05, 0.1) is 4.92 Å². The van der Waals surface area contributed by atoms with Crippen molar-refractivity contribution in [2.45, 2.75) is 25.8 Å². The number of amidine groups is 1. The Hall–Kier alpha value is -2.38. The predicted octanol–water partition coefficient (Wildman–Crippen LogP) is 1.32. The highest BCUT2D eigenvalue weighted by atomic mass is 16.6. The molecule has 0 amide bonds. The van der Waals surface area contributed by atoms with E-state index in [0.29, 0.717) is 11.7 Å². The highest BCUT2D eigenvalue weighted by Crippen LogP contribution is 2.37. The lowest BCUT2D eigenvalue weighted by atomic mass is 10.1. The van der Waals surface area contributed by atoms with Crippen LogP contribution in [0.1, 0.15) is 25.3 Å². The molecule has 2 rings (SSSR count). The molecule has 0 aromatic carbocycles. The largest absolute Gasteiger partial charge is 0.409 e. The van der Waals surface area contributed by atoms with Crippen LogP contribution < -0.4 is 10.6 Å². The topological polar surface area (TPSA) is 118 Å². The number of nitrogens with two attached hydrogens (primary N) is 1. The first-order chi connectivity index (χ1) is 9.45. The lowest BCUT2D eigenvalue weighted by Crippen LogP contribution is -2.32. The van der Waals surface area contributed by atoms with E-state index < -0.39 is 4.92 Å². The third-order valence-electron chi connectivity index (χ3n) is 3.70. The van der Waals surface area contributed by atoms with E-state index in [1.807, 2.05) is 11.8 Å². The molecule has 1 atom stereocenters. The first kappa shape index (κ1) is 14.0. The van der Waals surface area contributed by atoms with Gasteiger partial charge in [0.2, 0.25) is 5.82 Å². The van der Waals surface area contributed by atoms with Crippen molar-refractivity contribution in [3.8, 4) is 0 Å². The van der Waals surface area contributed by atoms with Gasteiger partial charge in [-0.1, -0.05) is 5.16 Å². The molecule has 1 heterocycles. The number of oxime groups is 1. The van der Waals surface area contributed by atoms with Crippen LogP contribution in [0.5, 0.6) is 0 Å². The van der Waals surface area contributed by atoms with Crippen molar-refractivity contribution < 1.29 is 10.1 Å². The summed E-state index contributed by atoms with van der Waals surface area (Å²) in [5.41, 5.74) is 5.50. The van der Waals surface area contributed by atoms with Crippen LogP contribution in [0.4, 0.5) is 11.5 Å². The van der Waals surface area contributed by atoms with Crippen LogP contribution in [0.25, 0.3) is 0 Å². The molecule has 1 aromatic heterocycles. The van der Waals surface area contributed by atoms with E-state index in [1.54, 1.807) is 7.05 Å². The first-order valence-corrected chi connectivity index (χ1v) is 6.31. The van der Waals surface area contributed by atoms with E-state index in [2.05, 4.69) is 10.1 Å². The summed E-state index contributed by atoms with van der Waals surface area (Å²) in [7, 11) is 1.79. The molecule has 0 spiro atoms. The Morgan fingerprint density at radius 1 is 1.70 bits per heavy atom. The van der Waals surface area contributed by atoms with Gasteiger partial charge >= 0.3 is 5.69 Å². The maximum atomic E-state index is 11.2. The summed E-state index contributed by atoms with van der Waals surface area (Å²) in [5, 5.41) is 22.6. The number of nitrogens with zero attached hydrogens (tertiary/aromatic N) is 4. The molecule has 3 N–H and O–H groups in total. The van der Waals surface area contributed by atoms with E-state index in [4.69, 9.17) is 10.9 Å². The summed E-state index contributed by atoms with van der Waals surface area (Å²) in [6.45, 7) is 2.03. The fourth-order valence-corrected chi connectivity index (χ4v) is 2.14. The molecule has 8 heteroatoms. The zero-order chi connectivity index (χ0) is 14.9. The molecule has 0 bridgehead atoms. The minimum Gasteiger partial charge on any atom is -0.409 e. The number of hydrogen-bond donors (Lipinski definition) is 2. The Labute approximate surface area is 116 Å². The van der Waals surface area contributed by atoms with Crippen molar-refractivity contribution in [1.29, 1.82) is 0 Å². The first-order valence-electron chi connectivity index (χ1n) is 6.31. The molecule has 0 aliphatic heterocycles. The van der Waals surface area contributed by atoms with Crippen molar-refractivity contribution >= 4 is 17.3 Å². The summed E-state index contributed by atoms with van der Waals surface area (Å²) in [6, 6.07) is 1.46. The number of pyridine rings is 1. The Kier molecular flexibility index (Phi) is 3.73. The second kappa shape index (κ2) is 5.32. The number of hydrogen-bond acceptors (Lipinski definition) is 6. The van der Waals surface area contributed by atoms with E-state index in [0.717, 1.165) is 12.8 Å². The Bertz CT molecular complexity index is 556. The van der Waals surface area contributed by atoms with Crippen molar-refractivity contribution in [1.82, 2.24) is 4.98 Å². The average molecular weight is 279 g/mol. The molecule has 1 aliphatic rings. The van der Waals surface area contributed by atoms with Gasteiger partial charge in [-0.2, -0.15) is 0 Å². The van der Waals surface area contributed by atoms with Gasteiger partial charge in [-0.05, 0) is 25.7 Å². The monoisotopic (exact) mass is 279 g/mol. The Morgan fingerprint density at radius 3 is 2.85 bits per heavy atom.